The van der Waals surface area contributed by atoms with Gasteiger partial charge < -0.3 is 10.3 Å². The van der Waals surface area contributed by atoms with E-state index in [0.29, 0.717) is 5.82 Å². The van der Waals surface area contributed by atoms with Crippen LogP contribution in [0.2, 0.25) is 0 Å². The quantitative estimate of drug-likeness (QED) is 0.748. The van der Waals surface area contributed by atoms with Crippen LogP contribution in [0.25, 0.3) is 11.3 Å². The predicted octanol–water partition coefficient (Wildman–Crippen LogP) is 2.54. The second-order valence-corrected chi connectivity index (χ2v) is 3.43. The minimum atomic E-state index is 0.418. The molecule has 0 spiro atoms. The van der Waals surface area contributed by atoms with Gasteiger partial charge in [0.2, 0.25) is 0 Å². The van der Waals surface area contributed by atoms with Gasteiger partial charge in [0.1, 0.15) is 0 Å². The summed E-state index contributed by atoms with van der Waals surface area (Å²) in [7, 11) is 0. The molecule has 0 amide bonds. The molecule has 1 aromatic carbocycles. The minimum absolute atomic E-state index is 0.418. The first-order valence-electron chi connectivity index (χ1n) is 4.46. The predicted molar refractivity (Wildman–Crippen MR) is 55.8 cm³/mol. The Kier molecular flexibility index (Phi) is 2.00. The van der Waals surface area contributed by atoms with Crippen molar-refractivity contribution in [1.29, 1.82) is 0 Å². The van der Waals surface area contributed by atoms with Gasteiger partial charge >= 0.3 is 0 Å². The van der Waals surface area contributed by atoms with Crippen LogP contribution in [0.5, 0.6) is 0 Å². The van der Waals surface area contributed by atoms with E-state index < -0.39 is 0 Å². The first-order valence-corrected chi connectivity index (χ1v) is 4.46. The van der Waals surface area contributed by atoms with Crippen LogP contribution in [0.4, 0.5) is 5.82 Å². The van der Waals surface area contributed by atoms with Crippen LogP contribution in [0.3, 0.4) is 0 Å². The standard InChI is InChI=1S/C11H12N2O/c1-7-3-4-8(2)9(5-7)10-6-11(12)13-14-10/h3-6H,1-2H3,(H2,12,13). The van der Waals surface area contributed by atoms with Crippen LogP contribution >= 0.6 is 0 Å². The molecule has 2 aromatic rings. The van der Waals surface area contributed by atoms with Crippen LogP contribution in [-0.2, 0) is 0 Å². The van der Waals surface area contributed by atoms with Gasteiger partial charge in [-0.15, -0.1) is 0 Å². The Hall–Kier alpha value is -1.77. The van der Waals surface area contributed by atoms with E-state index in [1.54, 1.807) is 6.07 Å². The van der Waals surface area contributed by atoms with Gasteiger partial charge in [-0.1, -0.05) is 22.9 Å². The number of nitrogens with zero attached hydrogens (tertiary/aromatic N) is 1. The van der Waals surface area contributed by atoms with Gasteiger partial charge in [0.15, 0.2) is 11.6 Å². The zero-order valence-corrected chi connectivity index (χ0v) is 8.24. The maximum absolute atomic E-state index is 5.50. The van der Waals surface area contributed by atoms with Crippen molar-refractivity contribution in [2.45, 2.75) is 13.8 Å². The molecule has 14 heavy (non-hydrogen) atoms. The van der Waals surface area contributed by atoms with E-state index in [1.165, 1.54) is 5.56 Å². The molecular weight excluding hydrogens is 176 g/mol. The van der Waals surface area contributed by atoms with Crippen molar-refractivity contribution in [1.82, 2.24) is 5.16 Å². The smallest absolute Gasteiger partial charge is 0.169 e. The second-order valence-electron chi connectivity index (χ2n) is 3.43. The molecule has 0 bridgehead atoms. The minimum Gasteiger partial charge on any atom is -0.381 e. The third-order valence-electron chi connectivity index (χ3n) is 2.19. The molecule has 0 radical (unpaired) electrons. The van der Waals surface area contributed by atoms with Crippen molar-refractivity contribution in [2.75, 3.05) is 5.73 Å². The van der Waals surface area contributed by atoms with E-state index in [9.17, 15) is 0 Å². The first kappa shape index (κ1) is 8.81. The highest BCUT2D eigenvalue weighted by Gasteiger charge is 2.07. The molecule has 3 nitrogen and oxygen atoms in total. The number of rotatable bonds is 1. The lowest BCUT2D eigenvalue weighted by Crippen LogP contribution is -1.83. The van der Waals surface area contributed by atoms with E-state index in [4.69, 9.17) is 10.3 Å². The third kappa shape index (κ3) is 1.48. The van der Waals surface area contributed by atoms with Gasteiger partial charge in [-0.25, -0.2) is 0 Å². The lowest BCUT2D eigenvalue weighted by atomic mass is 10.0. The molecule has 2 rings (SSSR count). The summed E-state index contributed by atoms with van der Waals surface area (Å²) in [6.45, 7) is 4.08. The summed E-state index contributed by atoms with van der Waals surface area (Å²) < 4.78 is 5.11. The summed E-state index contributed by atoms with van der Waals surface area (Å²) in [6, 6.07) is 7.93. The van der Waals surface area contributed by atoms with Crippen molar-refractivity contribution in [2.24, 2.45) is 0 Å². The first-order chi connectivity index (χ1) is 6.66. The normalized spacial score (nSPS) is 10.4. The van der Waals surface area contributed by atoms with Gasteiger partial charge in [-0.2, -0.15) is 0 Å². The summed E-state index contributed by atoms with van der Waals surface area (Å²) in [5.41, 5.74) is 8.90. The van der Waals surface area contributed by atoms with E-state index in [2.05, 4.69) is 23.4 Å². The summed E-state index contributed by atoms with van der Waals surface area (Å²) in [4.78, 5) is 0. The zero-order chi connectivity index (χ0) is 10.1. The number of hydrogen-bond donors (Lipinski definition) is 1. The van der Waals surface area contributed by atoms with E-state index in [0.717, 1.165) is 16.9 Å². The maximum atomic E-state index is 5.50. The van der Waals surface area contributed by atoms with Crippen molar-refractivity contribution in [3.05, 3.63) is 35.4 Å². The maximum Gasteiger partial charge on any atom is 0.169 e. The van der Waals surface area contributed by atoms with Crippen LogP contribution < -0.4 is 5.73 Å². The number of aromatic nitrogens is 1. The Morgan fingerprint density at radius 2 is 2.00 bits per heavy atom. The molecule has 72 valence electrons. The molecule has 0 fully saturated rings. The van der Waals surface area contributed by atoms with Crippen LogP contribution in [0.15, 0.2) is 28.8 Å². The Morgan fingerprint density at radius 3 is 2.64 bits per heavy atom. The summed E-state index contributed by atoms with van der Waals surface area (Å²) in [6.07, 6.45) is 0. The number of nitrogen functional groups attached to an aromatic ring is 1. The summed E-state index contributed by atoms with van der Waals surface area (Å²) in [5, 5.41) is 3.67. The second kappa shape index (κ2) is 3.18. The molecule has 0 aliphatic heterocycles. The number of benzene rings is 1. The van der Waals surface area contributed by atoms with E-state index >= 15 is 0 Å². The van der Waals surface area contributed by atoms with Gasteiger partial charge in [-0.05, 0) is 25.5 Å². The van der Waals surface area contributed by atoms with E-state index in [1.807, 2.05) is 13.8 Å². The molecule has 3 heteroatoms. The Bertz CT molecular complexity index is 460. The molecule has 0 unspecified atom stereocenters. The zero-order valence-electron chi connectivity index (χ0n) is 8.24. The lowest BCUT2D eigenvalue weighted by Gasteiger charge is -2.02. The van der Waals surface area contributed by atoms with Crippen LogP contribution in [0, 0.1) is 13.8 Å². The number of anilines is 1. The highest BCUT2D eigenvalue weighted by atomic mass is 16.5. The number of aryl methyl sites for hydroxylation is 2. The molecule has 0 aliphatic rings. The fourth-order valence-electron chi connectivity index (χ4n) is 1.42. The highest BCUT2D eigenvalue weighted by Crippen LogP contribution is 2.25. The lowest BCUT2D eigenvalue weighted by molar-refractivity contribution is 0.435. The fraction of sp³-hybridized carbons (Fsp3) is 0.182. The molecule has 0 aliphatic carbocycles. The molecule has 0 atom stereocenters. The van der Waals surface area contributed by atoms with Gasteiger partial charge in [0, 0.05) is 11.6 Å². The third-order valence-corrected chi connectivity index (χ3v) is 2.19. The van der Waals surface area contributed by atoms with Crippen molar-refractivity contribution < 1.29 is 4.52 Å². The monoisotopic (exact) mass is 188 g/mol. The van der Waals surface area contributed by atoms with E-state index in [-0.39, 0.29) is 0 Å². The molecule has 1 heterocycles. The molecule has 2 N–H and O–H groups in total. The van der Waals surface area contributed by atoms with Gasteiger partial charge in [0.25, 0.3) is 0 Å². The fourth-order valence-corrected chi connectivity index (χ4v) is 1.42. The largest absolute Gasteiger partial charge is 0.381 e. The summed E-state index contributed by atoms with van der Waals surface area (Å²) in [5.74, 6) is 1.14. The molecular formula is C11H12N2O. The topological polar surface area (TPSA) is 52.0 Å². The van der Waals surface area contributed by atoms with Gasteiger partial charge in [-0.3, -0.25) is 0 Å². The summed E-state index contributed by atoms with van der Waals surface area (Å²) >= 11 is 0. The Labute approximate surface area is 82.5 Å². The molecule has 1 aromatic heterocycles. The average Bonchev–Trinajstić information content (AvgIpc) is 2.56. The van der Waals surface area contributed by atoms with Crippen molar-refractivity contribution in [3.63, 3.8) is 0 Å². The highest BCUT2D eigenvalue weighted by molar-refractivity contribution is 5.64. The van der Waals surface area contributed by atoms with Crippen molar-refractivity contribution in [3.8, 4) is 11.3 Å². The van der Waals surface area contributed by atoms with Crippen molar-refractivity contribution >= 4 is 5.82 Å². The van der Waals surface area contributed by atoms with Gasteiger partial charge in [0.05, 0.1) is 0 Å². The number of nitrogens with two attached hydrogens (primary N) is 1. The van der Waals surface area contributed by atoms with Crippen LogP contribution in [0.1, 0.15) is 11.1 Å². The molecule has 0 saturated heterocycles. The number of hydrogen-bond acceptors (Lipinski definition) is 3. The average molecular weight is 188 g/mol. The Balaban J connectivity index is 2.55. The SMILES string of the molecule is Cc1ccc(C)c(-c2cc(N)no2)c1. The van der Waals surface area contributed by atoms with Crippen LogP contribution in [-0.4, -0.2) is 5.16 Å². The Morgan fingerprint density at radius 1 is 1.21 bits per heavy atom. The molecule has 0 saturated carbocycles.